The molecule has 2 heterocycles. The van der Waals surface area contributed by atoms with Crippen molar-refractivity contribution in [1.29, 1.82) is 0 Å². The number of benzene rings is 1. The SMILES string of the molecule is Cc1ccc(N2CCN(C(=O)Nc3ccc(O[Si](C)(C)C(C)(C)C)cc3)CC2)nc1. The van der Waals surface area contributed by atoms with Gasteiger partial charge in [-0.15, -0.1) is 0 Å². The third-order valence-electron chi connectivity index (χ3n) is 6.07. The van der Waals surface area contributed by atoms with Crippen molar-refractivity contribution in [1.82, 2.24) is 9.88 Å². The predicted molar refractivity (Wildman–Crippen MR) is 126 cm³/mol. The Hall–Kier alpha value is -2.54. The number of pyridine rings is 1. The van der Waals surface area contributed by atoms with E-state index < -0.39 is 8.32 Å². The molecule has 1 fully saturated rings. The molecule has 1 aliphatic heterocycles. The quantitative estimate of drug-likeness (QED) is 0.689. The van der Waals surface area contributed by atoms with Crippen LogP contribution in [0.5, 0.6) is 5.75 Å². The molecule has 6 nitrogen and oxygen atoms in total. The molecule has 0 unspecified atom stereocenters. The molecule has 1 aliphatic rings. The molecule has 1 aromatic carbocycles. The lowest BCUT2D eigenvalue weighted by atomic mass is 10.2. The van der Waals surface area contributed by atoms with Crippen molar-refractivity contribution in [2.75, 3.05) is 36.4 Å². The number of aryl methyl sites for hydroxylation is 1. The highest BCUT2D eigenvalue weighted by Crippen LogP contribution is 2.37. The summed E-state index contributed by atoms with van der Waals surface area (Å²) >= 11 is 0. The Labute approximate surface area is 181 Å². The Morgan fingerprint density at radius 3 is 2.20 bits per heavy atom. The molecule has 0 radical (unpaired) electrons. The van der Waals surface area contributed by atoms with Gasteiger partial charge in [0.1, 0.15) is 11.6 Å². The maximum absolute atomic E-state index is 12.7. The summed E-state index contributed by atoms with van der Waals surface area (Å²) < 4.78 is 6.31. The van der Waals surface area contributed by atoms with Gasteiger partial charge in [0, 0.05) is 38.1 Å². The molecule has 2 aromatic rings. The minimum atomic E-state index is -1.87. The van der Waals surface area contributed by atoms with Crippen molar-refractivity contribution >= 4 is 25.9 Å². The number of hydrogen-bond donors (Lipinski definition) is 1. The first kappa shape index (κ1) is 22.1. The standard InChI is InChI=1S/C23H34N4O2Si/c1-18-7-12-21(24-17-18)26-13-15-27(16-14-26)22(28)25-19-8-10-20(11-9-19)29-30(5,6)23(2,3)4/h7-12,17H,13-16H2,1-6H3,(H,25,28). The number of carbonyl (C=O) groups is 1. The third-order valence-corrected chi connectivity index (χ3v) is 10.4. The van der Waals surface area contributed by atoms with Crippen LogP contribution in [0.15, 0.2) is 42.6 Å². The monoisotopic (exact) mass is 426 g/mol. The van der Waals surface area contributed by atoms with Crippen molar-refractivity contribution in [3.63, 3.8) is 0 Å². The number of nitrogens with zero attached hydrogens (tertiary/aromatic N) is 3. The summed E-state index contributed by atoms with van der Waals surface area (Å²) in [6.45, 7) is 16.1. The summed E-state index contributed by atoms with van der Waals surface area (Å²) in [6.07, 6.45) is 1.88. The molecule has 162 valence electrons. The van der Waals surface area contributed by atoms with Crippen LogP contribution in [0.4, 0.5) is 16.3 Å². The van der Waals surface area contributed by atoms with Crippen LogP contribution in [-0.2, 0) is 0 Å². The molecular formula is C23H34N4O2Si. The lowest BCUT2D eigenvalue weighted by molar-refractivity contribution is 0.208. The van der Waals surface area contributed by atoms with Gasteiger partial charge in [0.2, 0.25) is 8.32 Å². The number of hydrogen-bond acceptors (Lipinski definition) is 4. The average Bonchev–Trinajstić information content (AvgIpc) is 2.69. The fourth-order valence-electron chi connectivity index (χ4n) is 3.04. The molecular weight excluding hydrogens is 392 g/mol. The van der Waals surface area contributed by atoms with Gasteiger partial charge in [0.25, 0.3) is 0 Å². The van der Waals surface area contributed by atoms with E-state index in [1.165, 1.54) is 0 Å². The number of piperazine rings is 1. The van der Waals surface area contributed by atoms with Gasteiger partial charge in [0.15, 0.2) is 0 Å². The van der Waals surface area contributed by atoms with Crippen LogP contribution in [0.2, 0.25) is 18.1 Å². The Balaban J connectivity index is 1.52. The fourth-order valence-corrected chi connectivity index (χ4v) is 4.07. The second-order valence-electron chi connectivity index (χ2n) is 9.48. The van der Waals surface area contributed by atoms with Gasteiger partial charge in [-0.1, -0.05) is 26.8 Å². The second-order valence-corrected chi connectivity index (χ2v) is 14.2. The molecule has 30 heavy (non-hydrogen) atoms. The number of urea groups is 1. The van der Waals surface area contributed by atoms with E-state index in [0.717, 1.165) is 35.9 Å². The molecule has 1 N–H and O–H groups in total. The average molecular weight is 427 g/mol. The minimum Gasteiger partial charge on any atom is -0.544 e. The zero-order valence-corrected chi connectivity index (χ0v) is 20.0. The van der Waals surface area contributed by atoms with Gasteiger partial charge in [-0.05, 0) is 61.0 Å². The number of carbonyl (C=O) groups excluding carboxylic acids is 1. The van der Waals surface area contributed by atoms with Gasteiger partial charge in [-0.25, -0.2) is 9.78 Å². The smallest absolute Gasteiger partial charge is 0.321 e. The molecule has 2 amide bonds. The largest absolute Gasteiger partial charge is 0.544 e. The normalized spacial score (nSPS) is 15.1. The van der Waals surface area contributed by atoms with Crippen molar-refractivity contribution < 1.29 is 9.22 Å². The van der Waals surface area contributed by atoms with E-state index in [2.05, 4.69) is 55.1 Å². The van der Waals surface area contributed by atoms with Crippen LogP contribution in [0.25, 0.3) is 0 Å². The molecule has 1 aromatic heterocycles. The van der Waals surface area contributed by atoms with E-state index in [9.17, 15) is 4.79 Å². The fraction of sp³-hybridized carbons (Fsp3) is 0.478. The summed E-state index contributed by atoms with van der Waals surface area (Å²) in [5.74, 6) is 1.83. The Morgan fingerprint density at radius 1 is 1.03 bits per heavy atom. The first-order valence-corrected chi connectivity index (χ1v) is 13.5. The Kier molecular flexibility index (Phi) is 6.40. The lowest BCUT2D eigenvalue weighted by Crippen LogP contribution is -2.50. The van der Waals surface area contributed by atoms with E-state index in [-0.39, 0.29) is 11.1 Å². The number of aromatic nitrogens is 1. The maximum atomic E-state index is 12.7. The summed E-state index contributed by atoms with van der Waals surface area (Å²) in [7, 11) is -1.87. The van der Waals surface area contributed by atoms with Crippen molar-refractivity contribution in [3.8, 4) is 5.75 Å². The van der Waals surface area contributed by atoms with Crippen LogP contribution < -0.4 is 14.6 Å². The van der Waals surface area contributed by atoms with Gasteiger partial charge in [-0.2, -0.15) is 0 Å². The van der Waals surface area contributed by atoms with E-state index >= 15 is 0 Å². The van der Waals surface area contributed by atoms with E-state index in [4.69, 9.17) is 4.43 Å². The molecule has 7 heteroatoms. The highest BCUT2D eigenvalue weighted by atomic mass is 28.4. The summed E-state index contributed by atoms with van der Waals surface area (Å²) in [6, 6.07) is 11.7. The molecule has 3 rings (SSSR count). The maximum Gasteiger partial charge on any atom is 0.321 e. The molecule has 0 bridgehead atoms. The van der Waals surface area contributed by atoms with Gasteiger partial charge in [-0.3, -0.25) is 0 Å². The highest BCUT2D eigenvalue weighted by Gasteiger charge is 2.38. The van der Waals surface area contributed by atoms with E-state index in [1.54, 1.807) is 0 Å². The molecule has 0 atom stereocenters. The first-order chi connectivity index (χ1) is 14.0. The Morgan fingerprint density at radius 2 is 1.67 bits per heavy atom. The second kappa shape index (κ2) is 8.68. The van der Waals surface area contributed by atoms with Crippen molar-refractivity contribution in [2.24, 2.45) is 0 Å². The van der Waals surface area contributed by atoms with Crippen LogP contribution in [0.1, 0.15) is 26.3 Å². The molecule has 1 saturated heterocycles. The first-order valence-electron chi connectivity index (χ1n) is 10.6. The summed E-state index contributed by atoms with van der Waals surface area (Å²) in [5.41, 5.74) is 1.93. The van der Waals surface area contributed by atoms with Crippen LogP contribution in [0.3, 0.4) is 0 Å². The van der Waals surface area contributed by atoms with Crippen molar-refractivity contribution in [3.05, 3.63) is 48.2 Å². The number of anilines is 2. The van der Waals surface area contributed by atoms with Crippen LogP contribution >= 0.6 is 0 Å². The number of rotatable bonds is 4. The molecule has 0 spiro atoms. The third kappa shape index (κ3) is 5.33. The zero-order chi connectivity index (χ0) is 21.9. The number of amides is 2. The number of nitrogens with one attached hydrogen (secondary N) is 1. The van der Waals surface area contributed by atoms with Gasteiger partial charge < -0.3 is 19.5 Å². The molecule has 0 aliphatic carbocycles. The lowest BCUT2D eigenvalue weighted by Gasteiger charge is -2.36. The topological polar surface area (TPSA) is 57.7 Å². The van der Waals surface area contributed by atoms with Crippen LogP contribution in [0, 0.1) is 6.92 Å². The zero-order valence-electron chi connectivity index (χ0n) is 19.0. The predicted octanol–water partition coefficient (Wildman–Crippen LogP) is 5.13. The van der Waals surface area contributed by atoms with E-state index in [1.807, 2.05) is 48.4 Å². The minimum absolute atomic E-state index is 0.0652. The van der Waals surface area contributed by atoms with Crippen molar-refractivity contribution in [2.45, 2.75) is 45.8 Å². The molecule has 0 saturated carbocycles. The van der Waals surface area contributed by atoms with Gasteiger partial charge >= 0.3 is 6.03 Å². The van der Waals surface area contributed by atoms with Crippen LogP contribution in [-0.4, -0.2) is 50.4 Å². The Bertz CT molecular complexity index is 852. The summed E-state index contributed by atoms with van der Waals surface area (Å²) in [4.78, 5) is 21.2. The highest BCUT2D eigenvalue weighted by molar-refractivity contribution is 6.74. The van der Waals surface area contributed by atoms with Gasteiger partial charge in [0.05, 0.1) is 0 Å². The summed E-state index contributed by atoms with van der Waals surface area (Å²) in [5, 5.41) is 3.15. The van der Waals surface area contributed by atoms with E-state index in [0.29, 0.717) is 13.1 Å².